The fourth-order valence-electron chi connectivity index (χ4n) is 3.42. The molecule has 4 aromatic rings. The van der Waals surface area contributed by atoms with Gasteiger partial charge < -0.3 is 15.0 Å². The van der Waals surface area contributed by atoms with Gasteiger partial charge in [-0.05, 0) is 42.8 Å². The maximum atomic E-state index is 13.0. The number of fused-ring (bicyclic) bond motifs is 1. The summed E-state index contributed by atoms with van der Waals surface area (Å²) in [7, 11) is 1.70. The first kappa shape index (κ1) is 21.7. The van der Waals surface area contributed by atoms with Gasteiger partial charge in [0.1, 0.15) is 5.70 Å². The van der Waals surface area contributed by atoms with E-state index in [2.05, 4.69) is 15.5 Å². The van der Waals surface area contributed by atoms with Gasteiger partial charge >= 0.3 is 5.91 Å². The van der Waals surface area contributed by atoms with E-state index in [1.54, 1.807) is 54.1 Å². The molecule has 0 aliphatic carbocycles. The van der Waals surface area contributed by atoms with Crippen LogP contribution in [0.5, 0.6) is 5.88 Å². The molecule has 1 heterocycles. The van der Waals surface area contributed by atoms with Crippen molar-refractivity contribution < 1.29 is 14.7 Å². The molecule has 7 heteroatoms. The zero-order valence-electron chi connectivity index (χ0n) is 18.2. The van der Waals surface area contributed by atoms with Crippen molar-refractivity contribution in [1.29, 1.82) is 0 Å². The Bertz CT molecular complexity index is 1390. The van der Waals surface area contributed by atoms with Gasteiger partial charge in [0.25, 0.3) is 5.91 Å². The van der Waals surface area contributed by atoms with Crippen molar-refractivity contribution in [2.45, 2.75) is 6.92 Å². The van der Waals surface area contributed by atoms with Crippen LogP contribution in [0, 0.1) is 6.92 Å². The van der Waals surface area contributed by atoms with E-state index in [0.717, 1.165) is 11.1 Å². The molecule has 0 saturated heterocycles. The van der Waals surface area contributed by atoms with Crippen LogP contribution in [0.4, 0.5) is 5.69 Å². The summed E-state index contributed by atoms with van der Waals surface area (Å²) in [5, 5.41) is 21.7. The van der Waals surface area contributed by atoms with Crippen molar-refractivity contribution in [3.05, 3.63) is 101 Å². The third-order valence-corrected chi connectivity index (χ3v) is 5.16. The second-order valence-corrected chi connectivity index (χ2v) is 7.55. The van der Waals surface area contributed by atoms with Gasteiger partial charge in [0, 0.05) is 18.0 Å². The molecule has 2 amide bonds. The van der Waals surface area contributed by atoms with E-state index in [4.69, 9.17) is 0 Å². The predicted molar refractivity (Wildman–Crippen MR) is 127 cm³/mol. The van der Waals surface area contributed by atoms with Crippen LogP contribution in [0.15, 0.2) is 94.8 Å². The van der Waals surface area contributed by atoms with Crippen molar-refractivity contribution in [2.24, 2.45) is 17.3 Å². The number of nitrogens with zero attached hydrogens (tertiary/aromatic N) is 3. The van der Waals surface area contributed by atoms with E-state index < -0.39 is 11.8 Å². The zero-order chi connectivity index (χ0) is 23.4. The number of rotatable bonds is 5. The van der Waals surface area contributed by atoms with E-state index in [-0.39, 0.29) is 17.3 Å². The maximum Gasteiger partial charge on any atom is 0.311 e. The van der Waals surface area contributed by atoms with Crippen LogP contribution in [0.3, 0.4) is 0 Å². The number of carbonyl (C=O) groups excluding carboxylic acids is 2. The predicted octanol–water partition coefficient (Wildman–Crippen LogP) is 5.27. The number of hydrogen-bond donors (Lipinski definition) is 2. The van der Waals surface area contributed by atoms with Gasteiger partial charge in [0.15, 0.2) is 5.69 Å². The molecular formula is C26H22N4O3. The maximum absolute atomic E-state index is 13.0. The monoisotopic (exact) mass is 438 g/mol. The highest BCUT2D eigenvalue weighted by molar-refractivity contribution is 6.05. The summed E-state index contributed by atoms with van der Waals surface area (Å²) < 4.78 is 1.57. The standard InChI is InChI=1S/C26H22N4O3/c1-17-13-14-22-20(15-17)23(26(33)30(22)2)28-29-25(32)21(16-18-9-5-3-6-10-18)27-24(31)19-11-7-4-8-12-19/h3-16,33H,1-2H3,(H,27,31)/b21-16+,29-28?. The second-order valence-electron chi connectivity index (χ2n) is 7.55. The van der Waals surface area contributed by atoms with Crippen LogP contribution in [-0.2, 0) is 11.8 Å². The fourth-order valence-corrected chi connectivity index (χ4v) is 3.42. The number of hydrogen-bond acceptors (Lipinski definition) is 4. The Morgan fingerprint density at radius 3 is 2.33 bits per heavy atom. The normalized spacial score (nSPS) is 11.8. The Morgan fingerprint density at radius 2 is 1.64 bits per heavy atom. The van der Waals surface area contributed by atoms with Gasteiger partial charge in [-0.1, -0.05) is 60.2 Å². The lowest BCUT2D eigenvalue weighted by Gasteiger charge is -2.07. The second kappa shape index (κ2) is 9.32. The molecule has 0 saturated carbocycles. The molecule has 0 aliphatic heterocycles. The summed E-state index contributed by atoms with van der Waals surface area (Å²) in [6.45, 7) is 1.93. The average Bonchev–Trinajstić information content (AvgIpc) is 3.07. The first-order valence-corrected chi connectivity index (χ1v) is 10.3. The van der Waals surface area contributed by atoms with E-state index in [1.807, 2.05) is 43.3 Å². The summed E-state index contributed by atoms with van der Waals surface area (Å²) in [6.07, 6.45) is 1.54. The van der Waals surface area contributed by atoms with Crippen molar-refractivity contribution in [3.8, 4) is 5.88 Å². The van der Waals surface area contributed by atoms with Crippen molar-refractivity contribution in [1.82, 2.24) is 9.88 Å². The number of carbonyl (C=O) groups is 2. The van der Waals surface area contributed by atoms with E-state index in [0.29, 0.717) is 16.5 Å². The Hall–Kier alpha value is -4.52. The highest BCUT2D eigenvalue weighted by atomic mass is 16.3. The molecule has 0 atom stereocenters. The smallest absolute Gasteiger partial charge is 0.311 e. The highest BCUT2D eigenvalue weighted by Gasteiger charge is 2.17. The summed E-state index contributed by atoms with van der Waals surface area (Å²) in [5.41, 5.74) is 3.02. The van der Waals surface area contributed by atoms with E-state index in [1.165, 1.54) is 6.08 Å². The van der Waals surface area contributed by atoms with Gasteiger partial charge in [-0.15, -0.1) is 10.2 Å². The number of amides is 2. The Morgan fingerprint density at radius 1 is 0.970 bits per heavy atom. The number of azo groups is 1. The number of aryl methyl sites for hydroxylation is 2. The van der Waals surface area contributed by atoms with Crippen LogP contribution in [0.1, 0.15) is 21.5 Å². The van der Waals surface area contributed by atoms with Crippen molar-refractivity contribution in [2.75, 3.05) is 0 Å². The average molecular weight is 438 g/mol. The van der Waals surface area contributed by atoms with Crippen LogP contribution in [0.2, 0.25) is 0 Å². The van der Waals surface area contributed by atoms with Crippen LogP contribution in [-0.4, -0.2) is 21.5 Å². The van der Waals surface area contributed by atoms with Crippen LogP contribution in [0.25, 0.3) is 17.0 Å². The number of benzene rings is 3. The first-order chi connectivity index (χ1) is 15.9. The van der Waals surface area contributed by atoms with Crippen molar-refractivity contribution >= 4 is 34.5 Å². The molecule has 0 fully saturated rings. The van der Waals surface area contributed by atoms with Gasteiger partial charge in [-0.2, -0.15) is 0 Å². The molecule has 0 radical (unpaired) electrons. The van der Waals surface area contributed by atoms with E-state index in [9.17, 15) is 14.7 Å². The molecule has 1 aromatic heterocycles. The van der Waals surface area contributed by atoms with Gasteiger partial charge in [0.2, 0.25) is 5.88 Å². The summed E-state index contributed by atoms with van der Waals surface area (Å²) in [5.74, 6) is -1.29. The minimum absolute atomic E-state index is 0.0327. The first-order valence-electron chi connectivity index (χ1n) is 10.3. The molecule has 3 aromatic carbocycles. The molecule has 0 unspecified atom stereocenters. The summed E-state index contributed by atoms with van der Waals surface area (Å²) >= 11 is 0. The van der Waals surface area contributed by atoms with Gasteiger partial charge in [0.05, 0.1) is 5.52 Å². The highest BCUT2D eigenvalue weighted by Crippen LogP contribution is 2.38. The van der Waals surface area contributed by atoms with E-state index >= 15 is 0 Å². The lowest BCUT2D eigenvalue weighted by atomic mass is 10.1. The molecule has 2 N–H and O–H groups in total. The molecule has 0 bridgehead atoms. The minimum Gasteiger partial charge on any atom is -0.493 e. The third-order valence-electron chi connectivity index (χ3n) is 5.16. The zero-order valence-corrected chi connectivity index (χ0v) is 18.2. The number of aromatic nitrogens is 1. The van der Waals surface area contributed by atoms with Crippen LogP contribution >= 0.6 is 0 Å². The topological polar surface area (TPSA) is 96.1 Å². The summed E-state index contributed by atoms with van der Waals surface area (Å²) in [6, 6.07) is 23.3. The molecule has 0 spiro atoms. The van der Waals surface area contributed by atoms with Crippen molar-refractivity contribution in [3.63, 3.8) is 0 Å². The summed E-state index contributed by atoms with van der Waals surface area (Å²) in [4.78, 5) is 25.7. The molecular weight excluding hydrogens is 416 g/mol. The molecule has 33 heavy (non-hydrogen) atoms. The van der Waals surface area contributed by atoms with Gasteiger partial charge in [-0.25, -0.2) is 0 Å². The molecule has 4 rings (SSSR count). The fraction of sp³-hybridized carbons (Fsp3) is 0.0769. The number of aromatic hydroxyl groups is 1. The third kappa shape index (κ3) is 4.72. The SMILES string of the molecule is Cc1ccc2c(c1)c(N=NC(=O)/C(=C\c1ccccc1)NC(=O)c1ccccc1)c(O)n2C. The Kier molecular flexibility index (Phi) is 6.13. The minimum atomic E-state index is -0.743. The number of nitrogens with one attached hydrogen (secondary N) is 1. The Balaban J connectivity index is 1.69. The lowest BCUT2D eigenvalue weighted by molar-refractivity contribution is -0.115. The molecule has 164 valence electrons. The quantitative estimate of drug-likeness (QED) is 0.328. The molecule has 0 aliphatic rings. The largest absolute Gasteiger partial charge is 0.493 e. The van der Waals surface area contributed by atoms with Gasteiger partial charge in [-0.3, -0.25) is 9.59 Å². The Labute approximate surface area is 190 Å². The van der Waals surface area contributed by atoms with Crippen LogP contribution < -0.4 is 5.32 Å². The lowest BCUT2D eigenvalue weighted by Crippen LogP contribution is -2.26. The molecule has 7 nitrogen and oxygen atoms in total.